The maximum absolute atomic E-state index is 5.82. The van der Waals surface area contributed by atoms with Gasteiger partial charge in [-0.2, -0.15) is 0 Å². The van der Waals surface area contributed by atoms with Gasteiger partial charge >= 0.3 is 0 Å². The van der Waals surface area contributed by atoms with Gasteiger partial charge in [0.15, 0.2) is 0 Å². The predicted molar refractivity (Wildman–Crippen MR) is 62.2 cm³/mol. The molecule has 0 atom stereocenters. The van der Waals surface area contributed by atoms with Crippen molar-refractivity contribution in [2.24, 2.45) is 0 Å². The molecule has 0 fully saturated rings. The summed E-state index contributed by atoms with van der Waals surface area (Å²) in [5, 5.41) is 0. The highest BCUT2D eigenvalue weighted by Crippen LogP contribution is 2.23. The first kappa shape index (κ1) is 11.0. The lowest BCUT2D eigenvalue weighted by molar-refractivity contribution is 0.667. The third-order valence-electron chi connectivity index (χ3n) is 2.73. The van der Waals surface area contributed by atoms with Crippen molar-refractivity contribution >= 4 is 11.6 Å². The van der Waals surface area contributed by atoms with E-state index in [4.69, 9.17) is 11.5 Å². The summed E-state index contributed by atoms with van der Waals surface area (Å²) in [5.74, 6) is 1.46. The van der Waals surface area contributed by atoms with Crippen molar-refractivity contribution in [3.63, 3.8) is 0 Å². The van der Waals surface area contributed by atoms with Crippen LogP contribution in [0.25, 0.3) is 0 Å². The van der Waals surface area contributed by atoms with Gasteiger partial charge in [0.2, 0.25) is 0 Å². The highest BCUT2D eigenvalue weighted by molar-refractivity contribution is 5.57. The van der Waals surface area contributed by atoms with Crippen LogP contribution in [0.15, 0.2) is 0 Å². The van der Waals surface area contributed by atoms with Crippen molar-refractivity contribution in [3.05, 3.63) is 11.1 Å². The molecule has 0 radical (unpaired) electrons. The lowest BCUT2D eigenvalue weighted by atomic mass is 10.1. The van der Waals surface area contributed by atoms with Crippen LogP contribution in [0.2, 0.25) is 0 Å². The molecule has 3 nitrogen and oxygen atoms in total. The first-order chi connectivity index (χ1) is 6.66. The van der Waals surface area contributed by atoms with E-state index in [-0.39, 0.29) is 0 Å². The largest absolute Gasteiger partial charge is 0.385 e. The van der Waals surface area contributed by atoms with E-state index in [0.29, 0.717) is 5.82 Å². The lowest BCUT2D eigenvalue weighted by Crippen LogP contribution is -1.93. The monoisotopic (exact) mass is 195 g/mol. The van der Waals surface area contributed by atoms with Crippen molar-refractivity contribution in [1.82, 2.24) is 4.98 Å². The van der Waals surface area contributed by atoms with Crippen LogP contribution >= 0.6 is 0 Å². The Morgan fingerprint density at radius 2 is 1.79 bits per heavy atom. The average Bonchev–Trinajstić information content (AvgIpc) is 2.38. The Morgan fingerprint density at radius 1 is 1.07 bits per heavy atom. The van der Waals surface area contributed by atoms with Gasteiger partial charge in [0, 0.05) is 0 Å². The minimum Gasteiger partial charge on any atom is -0.385 e. The molecule has 80 valence electrons. The Hall–Kier alpha value is -1.12. The number of nitrogen functional groups attached to an aromatic ring is 2. The predicted octanol–water partition coefficient (Wildman–Crippen LogP) is 2.61. The quantitative estimate of drug-likeness (QED) is 0.632. The van der Waals surface area contributed by atoms with Crippen LogP contribution in [0.1, 0.15) is 43.7 Å². The summed E-state index contributed by atoms with van der Waals surface area (Å²) in [7, 11) is 0. The molecule has 0 aliphatic rings. The standard InChI is InChI=1S/C11H21N3/c1-3-4-5-6-7-9-8(2)10(12)14-11(9)13/h14H,3-7,12-13H2,1-2H3. The van der Waals surface area contributed by atoms with Gasteiger partial charge in [-0.1, -0.05) is 26.2 Å². The molecule has 5 N–H and O–H groups in total. The second-order valence-electron chi connectivity index (χ2n) is 3.87. The molecule has 0 aliphatic carbocycles. The zero-order valence-corrected chi connectivity index (χ0v) is 9.19. The van der Waals surface area contributed by atoms with E-state index < -0.39 is 0 Å². The van der Waals surface area contributed by atoms with Gasteiger partial charge in [0.1, 0.15) is 11.6 Å². The fraction of sp³-hybridized carbons (Fsp3) is 0.636. The van der Waals surface area contributed by atoms with E-state index in [1.54, 1.807) is 0 Å². The Bertz CT molecular complexity index is 289. The number of anilines is 2. The number of rotatable bonds is 5. The number of hydrogen-bond donors (Lipinski definition) is 3. The summed E-state index contributed by atoms with van der Waals surface area (Å²) in [6.07, 6.45) is 6.10. The SMILES string of the molecule is CCCCCCc1c(N)[nH]c(N)c1C. The van der Waals surface area contributed by atoms with E-state index in [2.05, 4.69) is 11.9 Å². The molecule has 0 bridgehead atoms. The number of nitrogens with two attached hydrogens (primary N) is 2. The third kappa shape index (κ3) is 2.44. The third-order valence-corrected chi connectivity index (χ3v) is 2.73. The molecule has 0 aromatic carbocycles. The van der Waals surface area contributed by atoms with Crippen molar-refractivity contribution in [2.45, 2.75) is 46.0 Å². The summed E-state index contributed by atoms with van der Waals surface area (Å²) in [6.45, 7) is 4.24. The number of H-pyrrole nitrogens is 1. The van der Waals surface area contributed by atoms with Gasteiger partial charge in [0.05, 0.1) is 0 Å². The van der Waals surface area contributed by atoms with Crippen LogP contribution in [0.3, 0.4) is 0 Å². The molecule has 1 heterocycles. The van der Waals surface area contributed by atoms with Crippen LogP contribution < -0.4 is 11.5 Å². The molecule has 1 aromatic heterocycles. The zero-order chi connectivity index (χ0) is 10.6. The topological polar surface area (TPSA) is 67.8 Å². The van der Waals surface area contributed by atoms with Crippen LogP contribution in [-0.2, 0) is 6.42 Å². The fourth-order valence-corrected chi connectivity index (χ4v) is 1.73. The zero-order valence-electron chi connectivity index (χ0n) is 9.19. The maximum Gasteiger partial charge on any atom is 0.105 e. The van der Waals surface area contributed by atoms with Crippen LogP contribution in [0.5, 0.6) is 0 Å². The van der Waals surface area contributed by atoms with Gasteiger partial charge in [-0.3, -0.25) is 0 Å². The van der Waals surface area contributed by atoms with Gasteiger partial charge < -0.3 is 16.5 Å². The molecule has 0 saturated carbocycles. The van der Waals surface area contributed by atoms with Crippen molar-refractivity contribution in [2.75, 3.05) is 11.5 Å². The summed E-state index contributed by atoms with van der Waals surface area (Å²) < 4.78 is 0. The molecule has 0 aliphatic heterocycles. The molecule has 0 unspecified atom stereocenters. The maximum atomic E-state index is 5.82. The van der Waals surface area contributed by atoms with Gasteiger partial charge in [-0.15, -0.1) is 0 Å². The minimum absolute atomic E-state index is 0.716. The second-order valence-corrected chi connectivity index (χ2v) is 3.87. The van der Waals surface area contributed by atoms with Crippen LogP contribution in [0, 0.1) is 6.92 Å². The van der Waals surface area contributed by atoms with Gasteiger partial charge in [0.25, 0.3) is 0 Å². The summed E-state index contributed by atoms with van der Waals surface area (Å²) in [5.41, 5.74) is 13.9. The molecule has 0 spiro atoms. The lowest BCUT2D eigenvalue weighted by Gasteiger charge is -2.01. The van der Waals surface area contributed by atoms with Crippen molar-refractivity contribution < 1.29 is 0 Å². The van der Waals surface area contributed by atoms with E-state index in [9.17, 15) is 0 Å². The summed E-state index contributed by atoms with van der Waals surface area (Å²) >= 11 is 0. The van der Waals surface area contributed by atoms with E-state index >= 15 is 0 Å². The van der Waals surface area contributed by atoms with Gasteiger partial charge in [-0.25, -0.2) is 0 Å². The number of aromatic amines is 1. The molecule has 0 saturated heterocycles. The molecule has 0 amide bonds. The highest BCUT2D eigenvalue weighted by atomic mass is 14.9. The van der Waals surface area contributed by atoms with Gasteiger partial charge in [-0.05, 0) is 30.9 Å². The van der Waals surface area contributed by atoms with E-state index in [0.717, 1.165) is 17.8 Å². The first-order valence-electron chi connectivity index (χ1n) is 5.39. The summed E-state index contributed by atoms with van der Waals surface area (Å²) in [4.78, 5) is 2.97. The molecule has 3 heteroatoms. The second kappa shape index (κ2) is 4.94. The number of nitrogens with one attached hydrogen (secondary N) is 1. The Balaban J connectivity index is 2.49. The Morgan fingerprint density at radius 3 is 2.29 bits per heavy atom. The normalized spacial score (nSPS) is 10.7. The van der Waals surface area contributed by atoms with Crippen molar-refractivity contribution in [1.29, 1.82) is 0 Å². The van der Waals surface area contributed by atoms with E-state index in [1.807, 2.05) is 6.92 Å². The Kier molecular flexibility index (Phi) is 3.86. The average molecular weight is 195 g/mol. The number of unbranched alkanes of at least 4 members (excludes halogenated alkanes) is 3. The molecular formula is C11H21N3. The van der Waals surface area contributed by atoms with Crippen LogP contribution in [-0.4, -0.2) is 4.98 Å². The number of aromatic nitrogens is 1. The number of hydrogen-bond acceptors (Lipinski definition) is 2. The molecular weight excluding hydrogens is 174 g/mol. The van der Waals surface area contributed by atoms with Crippen molar-refractivity contribution in [3.8, 4) is 0 Å². The smallest absolute Gasteiger partial charge is 0.105 e. The fourth-order valence-electron chi connectivity index (χ4n) is 1.73. The first-order valence-corrected chi connectivity index (χ1v) is 5.39. The molecule has 1 aromatic rings. The minimum atomic E-state index is 0.716. The van der Waals surface area contributed by atoms with E-state index in [1.165, 1.54) is 31.2 Å². The molecule has 1 rings (SSSR count). The van der Waals surface area contributed by atoms with Crippen LogP contribution in [0.4, 0.5) is 11.6 Å². The summed E-state index contributed by atoms with van der Waals surface area (Å²) in [6, 6.07) is 0. The highest BCUT2D eigenvalue weighted by Gasteiger charge is 2.08. The Labute approximate surface area is 85.9 Å². The molecule has 14 heavy (non-hydrogen) atoms.